The van der Waals surface area contributed by atoms with Gasteiger partial charge in [-0.05, 0) is 51.0 Å². The third-order valence-corrected chi connectivity index (χ3v) is 4.63. The van der Waals surface area contributed by atoms with E-state index in [1.165, 1.54) is 0 Å². The van der Waals surface area contributed by atoms with Crippen LogP contribution in [0.25, 0.3) is 10.9 Å². The van der Waals surface area contributed by atoms with Crippen LogP contribution in [0.1, 0.15) is 35.5 Å². The number of ketones is 1. The second-order valence-electron chi connectivity index (χ2n) is 6.65. The molecule has 0 fully saturated rings. The first-order valence-corrected chi connectivity index (χ1v) is 9.83. The highest BCUT2D eigenvalue weighted by Gasteiger charge is 2.22. The average Bonchev–Trinajstić information content (AvgIpc) is 3.05. The lowest BCUT2D eigenvalue weighted by molar-refractivity contribution is -0.116. The molecule has 2 N–H and O–H groups in total. The van der Waals surface area contributed by atoms with Gasteiger partial charge in [-0.3, -0.25) is 9.59 Å². The quantitative estimate of drug-likeness (QED) is 0.427. The molecule has 1 aromatic heterocycles. The minimum Gasteiger partial charge on any atom is -0.490 e. The largest absolute Gasteiger partial charge is 0.490 e. The van der Waals surface area contributed by atoms with Gasteiger partial charge in [-0.2, -0.15) is 0 Å². The highest BCUT2D eigenvalue weighted by molar-refractivity contribution is 6.45. The van der Waals surface area contributed by atoms with E-state index in [0.717, 1.165) is 16.5 Å². The Morgan fingerprint density at radius 3 is 2.48 bits per heavy atom. The number of H-pyrrole nitrogens is 1. The van der Waals surface area contributed by atoms with E-state index in [1.54, 1.807) is 6.92 Å². The van der Waals surface area contributed by atoms with Crippen LogP contribution in [0.5, 0.6) is 11.5 Å². The van der Waals surface area contributed by atoms with E-state index in [4.69, 9.17) is 9.47 Å². The highest BCUT2D eigenvalue weighted by atomic mass is 16.5. The first-order valence-electron chi connectivity index (χ1n) is 9.83. The minimum atomic E-state index is -0.603. The van der Waals surface area contributed by atoms with Gasteiger partial charge in [0, 0.05) is 23.1 Å². The molecule has 0 radical (unpaired) electrons. The van der Waals surface area contributed by atoms with Crippen LogP contribution in [-0.2, 0) is 11.2 Å². The number of hydrogen-bond acceptors (Lipinski definition) is 4. The van der Waals surface area contributed by atoms with Crippen LogP contribution >= 0.6 is 0 Å². The van der Waals surface area contributed by atoms with Gasteiger partial charge in [-0.25, -0.2) is 0 Å². The van der Waals surface area contributed by atoms with Crippen LogP contribution in [0.2, 0.25) is 0 Å². The molecule has 6 heteroatoms. The summed E-state index contributed by atoms with van der Waals surface area (Å²) in [6, 6.07) is 13.2. The second kappa shape index (κ2) is 9.28. The number of carbonyl (C=O) groups excluding carboxylic acids is 2. The predicted molar refractivity (Wildman–Crippen MR) is 113 cm³/mol. The lowest BCUT2D eigenvalue weighted by Gasteiger charge is -2.12. The molecule has 1 amide bonds. The maximum absolute atomic E-state index is 12.7. The van der Waals surface area contributed by atoms with E-state index >= 15 is 0 Å². The number of para-hydroxylation sites is 1. The van der Waals surface area contributed by atoms with Crippen molar-refractivity contribution in [2.45, 2.75) is 27.2 Å². The smallest absolute Gasteiger partial charge is 0.292 e. The molecule has 29 heavy (non-hydrogen) atoms. The Morgan fingerprint density at radius 2 is 1.72 bits per heavy atom. The fourth-order valence-electron chi connectivity index (χ4n) is 3.33. The van der Waals surface area contributed by atoms with Crippen LogP contribution in [0.3, 0.4) is 0 Å². The van der Waals surface area contributed by atoms with Gasteiger partial charge >= 0.3 is 0 Å². The van der Waals surface area contributed by atoms with Crippen molar-refractivity contribution >= 4 is 22.6 Å². The molecule has 0 saturated heterocycles. The number of aromatic amines is 1. The Kier molecular flexibility index (Phi) is 6.54. The molecule has 0 saturated carbocycles. The van der Waals surface area contributed by atoms with E-state index in [1.807, 2.05) is 56.3 Å². The van der Waals surface area contributed by atoms with Crippen molar-refractivity contribution in [2.24, 2.45) is 0 Å². The van der Waals surface area contributed by atoms with Crippen LogP contribution in [-0.4, -0.2) is 36.4 Å². The van der Waals surface area contributed by atoms with Crippen molar-refractivity contribution in [3.8, 4) is 11.5 Å². The van der Waals surface area contributed by atoms with Crippen LogP contribution in [0, 0.1) is 6.92 Å². The average molecular weight is 394 g/mol. The van der Waals surface area contributed by atoms with Gasteiger partial charge < -0.3 is 19.8 Å². The van der Waals surface area contributed by atoms with Crippen molar-refractivity contribution in [2.75, 3.05) is 19.8 Å². The summed E-state index contributed by atoms with van der Waals surface area (Å²) >= 11 is 0. The summed E-state index contributed by atoms with van der Waals surface area (Å²) in [6.07, 6.45) is 0.582. The molecule has 0 aliphatic rings. The lowest BCUT2D eigenvalue weighted by atomic mass is 10.1. The van der Waals surface area contributed by atoms with Crippen molar-refractivity contribution in [1.82, 2.24) is 10.3 Å². The van der Waals surface area contributed by atoms with Gasteiger partial charge in [0.2, 0.25) is 0 Å². The SMILES string of the molecule is CCOc1ccc(CCNC(=O)C(=O)c2c(C)[nH]c3ccccc23)cc1OCC. The number of Topliss-reactive ketones (excluding diaryl/α,β-unsaturated/α-hetero) is 1. The lowest BCUT2D eigenvalue weighted by Crippen LogP contribution is -2.32. The number of hydrogen-bond donors (Lipinski definition) is 2. The van der Waals surface area contributed by atoms with Crippen molar-refractivity contribution in [1.29, 1.82) is 0 Å². The monoisotopic (exact) mass is 394 g/mol. The van der Waals surface area contributed by atoms with Crippen molar-refractivity contribution < 1.29 is 19.1 Å². The van der Waals surface area contributed by atoms with Crippen LogP contribution in [0.4, 0.5) is 0 Å². The molecule has 152 valence electrons. The number of rotatable bonds is 9. The molecule has 0 atom stereocenters. The van der Waals surface area contributed by atoms with Gasteiger partial charge in [-0.1, -0.05) is 24.3 Å². The Labute approximate surface area is 170 Å². The van der Waals surface area contributed by atoms with Crippen molar-refractivity contribution in [3.05, 3.63) is 59.3 Å². The van der Waals surface area contributed by atoms with E-state index < -0.39 is 11.7 Å². The van der Waals surface area contributed by atoms with Gasteiger partial charge in [-0.15, -0.1) is 0 Å². The molecule has 6 nitrogen and oxygen atoms in total. The number of benzene rings is 2. The molecule has 0 unspecified atom stereocenters. The summed E-state index contributed by atoms with van der Waals surface area (Å²) in [5.74, 6) is 0.256. The number of carbonyl (C=O) groups is 2. The zero-order valence-electron chi connectivity index (χ0n) is 17.0. The Hall–Kier alpha value is -3.28. The van der Waals surface area contributed by atoms with E-state index in [9.17, 15) is 9.59 Å². The summed E-state index contributed by atoms with van der Waals surface area (Å²) in [7, 11) is 0. The number of amides is 1. The third kappa shape index (κ3) is 4.59. The predicted octanol–water partition coefficient (Wildman–Crippen LogP) is 3.82. The van der Waals surface area contributed by atoms with Gasteiger partial charge in [0.1, 0.15) is 0 Å². The number of aryl methyl sites for hydroxylation is 1. The van der Waals surface area contributed by atoms with Crippen LogP contribution in [0.15, 0.2) is 42.5 Å². The zero-order valence-corrected chi connectivity index (χ0v) is 17.0. The summed E-state index contributed by atoms with van der Waals surface area (Å²) in [5.41, 5.74) is 2.96. The summed E-state index contributed by atoms with van der Waals surface area (Å²) < 4.78 is 11.2. The summed E-state index contributed by atoms with van der Waals surface area (Å²) in [4.78, 5) is 28.2. The van der Waals surface area contributed by atoms with Crippen LogP contribution < -0.4 is 14.8 Å². The highest BCUT2D eigenvalue weighted by Crippen LogP contribution is 2.28. The van der Waals surface area contributed by atoms with E-state index in [2.05, 4.69) is 10.3 Å². The molecule has 0 bridgehead atoms. The topological polar surface area (TPSA) is 80.4 Å². The molecular weight excluding hydrogens is 368 g/mol. The standard InChI is InChI=1S/C23H26N2O4/c1-4-28-19-11-10-16(14-20(19)29-5-2)12-13-24-23(27)22(26)21-15(3)25-18-9-7-6-8-17(18)21/h6-11,14,25H,4-5,12-13H2,1-3H3,(H,24,27). The number of fused-ring (bicyclic) bond motifs is 1. The number of nitrogens with one attached hydrogen (secondary N) is 2. The first-order chi connectivity index (χ1) is 14.0. The maximum atomic E-state index is 12.7. The number of aromatic nitrogens is 1. The molecule has 3 aromatic rings. The molecule has 0 aliphatic heterocycles. The fraction of sp³-hybridized carbons (Fsp3) is 0.304. The first kappa shape index (κ1) is 20.5. The zero-order chi connectivity index (χ0) is 20.8. The van der Waals surface area contributed by atoms with Crippen molar-refractivity contribution in [3.63, 3.8) is 0 Å². The Bertz CT molecular complexity index is 1020. The summed E-state index contributed by atoms with van der Waals surface area (Å²) in [5, 5.41) is 3.49. The normalized spacial score (nSPS) is 10.7. The molecular formula is C23H26N2O4. The maximum Gasteiger partial charge on any atom is 0.292 e. The molecule has 1 heterocycles. The van der Waals surface area contributed by atoms with Gasteiger partial charge in [0.25, 0.3) is 11.7 Å². The fourth-order valence-corrected chi connectivity index (χ4v) is 3.33. The Morgan fingerprint density at radius 1 is 1.00 bits per heavy atom. The summed E-state index contributed by atoms with van der Waals surface area (Å²) in [6.45, 7) is 7.09. The third-order valence-electron chi connectivity index (χ3n) is 4.63. The Balaban J connectivity index is 1.64. The molecule has 3 rings (SSSR count). The van der Waals surface area contributed by atoms with Gasteiger partial charge in [0.15, 0.2) is 11.5 Å². The van der Waals surface area contributed by atoms with E-state index in [0.29, 0.717) is 48.9 Å². The molecule has 0 spiro atoms. The van der Waals surface area contributed by atoms with E-state index in [-0.39, 0.29) is 0 Å². The minimum absolute atomic E-state index is 0.353. The second-order valence-corrected chi connectivity index (χ2v) is 6.65. The molecule has 2 aromatic carbocycles. The number of ether oxygens (including phenoxy) is 2. The molecule has 0 aliphatic carbocycles. The van der Waals surface area contributed by atoms with Gasteiger partial charge in [0.05, 0.1) is 18.8 Å².